The third kappa shape index (κ3) is 8.69. The Bertz CT molecular complexity index is 200. The summed E-state index contributed by atoms with van der Waals surface area (Å²) in [5.41, 5.74) is 0. The number of rotatable bonds is 5. The summed E-state index contributed by atoms with van der Waals surface area (Å²) in [5, 5.41) is 9.89. The Morgan fingerprint density at radius 2 is 2.00 bits per heavy atom. The van der Waals surface area contributed by atoms with Gasteiger partial charge in [0.15, 0.2) is 0 Å². The zero-order valence-corrected chi connectivity index (χ0v) is 7.19. The van der Waals surface area contributed by atoms with Gasteiger partial charge >= 0.3 is 0 Å². The van der Waals surface area contributed by atoms with Gasteiger partial charge in [-0.2, -0.15) is 0 Å². The lowest BCUT2D eigenvalue weighted by Crippen LogP contribution is -2.18. The van der Waals surface area contributed by atoms with Crippen LogP contribution in [0.15, 0.2) is 36.5 Å². The Labute approximate surface area is 72.9 Å². The predicted molar refractivity (Wildman–Crippen MR) is 47.3 cm³/mol. The number of hydrogen-bond acceptors (Lipinski definition) is 2. The fourth-order valence-electron chi connectivity index (χ4n) is 0.633. The first kappa shape index (κ1) is 10.7. The summed E-state index contributed by atoms with van der Waals surface area (Å²) < 4.78 is 0. The maximum Gasteiger partial charge on any atom is 0.0642 e. The van der Waals surface area contributed by atoms with E-state index >= 15 is 0 Å². The molecule has 0 aliphatic carbocycles. The molecule has 0 unspecified atom stereocenters. The van der Waals surface area contributed by atoms with Gasteiger partial charge in [-0.1, -0.05) is 37.3 Å². The second kappa shape index (κ2) is 7.79. The Morgan fingerprint density at radius 1 is 1.25 bits per heavy atom. The molecular weight excluding hydrogens is 152 g/mol. The van der Waals surface area contributed by atoms with Crippen LogP contribution < -0.4 is 5.11 Å². The third-order valence-corrected chi connectivity index (χ3v) is 1.15. The Balaban J connectivity index is 3.50. The van der Waals surface area contributed by atoms with Gasteiger partial charge in [0.25, 0.3) is 0 Å². The van der Waals surface area contributed by atoms with Crippen LogP contribution in [-0.4, -0.2) is 5.97 Å². The summed E-state index contributed by atoms with van der Waals surface area (Å²) in [5.74, 6) is -1.16. The second-order valence-corrected chi connectivity index (χ2v) is 2.22. The highest BCUT2D eigenvalue weighted by Crippen LogP contribution is 1.88. The van der Waals surface area contributed by atoms with Crippen LogP contribution in [0.2, 0.25) is 0 Å². The van der Waals surface area contributed by atoms with Crippen molar-refractivity contribution in [1.29, 1.82) is 0 Å². The standard InChI is InChI=1S/C10H14O2/c1-2-3-4-5-6-7-8-9-10(11)12/h3-4,6-9H,2,5H2,1H3,(H,11,12)/p-1/b4-3+,7-6+,9-8+. The molecule has 0 atom stereocenters. The number of carboxylic acid groups (broad SMARTS) is 1. The molecule has 0 saturated carbocycles. The molecule has 0 aromatic rings. The molecule has 0 aliphatic heterocycles. The summed E-state index contributed by atoms with van der Waals surface area (Å²) in [7, 11) is 0. The molecule has 0 heterocycles. The quantitative estimate of drug-likeness (QED) is 0.349. The highest BCUT2D eigenvalue weighted by Gasteiger charge is 1.70. The summed E-state index contributed by atoms with van der Waals surface area (Å²) >= 11 is 0. The van der Waals surface area contributed by atoms with E-state index in [4.69, 9.17) is 0 Å². The van der Waals surface area contributed by atoms with E-state index in [-0.39, 0.29) is 0 Å². The van der Waals surface area contributed by atoms with Crippen LogP contribution in [0.4, 0.5) is 0 Å². The molecule has 0 aromatic carbocycles. The smallest absolute Gasteiger partial charge is 0.0642 e. The fraction of sp³-hybridized carbons (Fsp3) is 0.300. The van der Waals surface area contributed by atoms with E-state index in [1.165, 1.54) is 6.08 Å². The van der Waals surface area contributed by atoms with Crippen molar-refractivity contribution in [2.24, 2.45) is 0 Å². The summed E-state index contributed by atoms with van der Waals surface area (Å²) in [6.45, 7) is 2.07. The monoisotopic (exact) mass is 165 g/mol. The molecule has 0 spiro atoms. The van der Waals surface area contributed by atoms with Crippen LogP contribution in [0.1, 0.15) is 19.8 Å². The van der Waals surface area contributed by atoms with Crippen molar-refractivity contribution in [3.63, 3.8) is 0 Å². The van der Waals surface area contributed by atoms with Gasteiger partial charge in [-0.25, -0.2) is 0 Å². The van der Waals surface area contributed by atoms with Crippen molar-refractivity contribution in [2.75, 3.05) is 0 Å². The van der Waals surface area contributed by atoms with Gasteiger partial charge in [0, 0.05) is 0 Å². The van der Waals surface area contributed by atoms with Crippen LogP contribution >= 0.6 is 0 Å². The van der Waals surface area contributed by atoms with Crippen molar-refractivity contribution >= 4 is 5.97 Å². The lowest BCUT2D eigenvalue weighted by molar-refractivity contribution is -0.297. The minimum absolute atomic E-state index is 0.839. The molecule has 0 aromatic heterocycles. The molecule has 0 N–H and O–H groups in total. The highest BCUT2D eigenvalue weighted by molar-refractivity contribution is 5.77. The summed E-state index contributed by atoms with van der Waals surface area (Å²) in [4.78, 5) is 9.89. The normalized spacial score (nSPS) is 12.1. The lowest BCUT2D eigenvalue weighted by atomic mass is 10.3. The Kier molecular flexibility index (Phi) is 6.94. The molecule has 0 radical (unpaired) electrons. The maximum atomic E-state index is 9.89. The fourth-order valence-corrected chi connectivity index (χ4v) is 0.633. The first-order valence-electron chi connectivity index (χ1n) is 3.96. The van der Waals surface area contributed by atoms with Gasteiger partial charge < -0.3 is 9.90 Å². The number of hydrogen-bond donors (Lipinski definition) is 0. The Morgan fingerprint density at radius 3 is 2.58 bits per heavy atom. The average Bonchev–Trinajstić information content (AvgIpc) is 2.02. The van der Waals surface area contributed by atoms with Crippen molar-refractivity contribution in [2.45, 2.75) is 19.8 Å². The molecule has 0 bridgehead atoms. The largest absolute Gasteiger partial charge is 0.545 e. The summed E-state index contributed by atoms with van der Waals surface area (Å²) in [6.07, 6.45) is 12.0. The number of carboxylic acids is 1. The molecule has 0 amide bonds. The van der Waals surface area contributed by atoms with Crippen molar-refractivity contribution in [3.05, 3.63) is 36.5 Å². The van der Waals surface area contributed by atoms with E-state index in [2.05, 4.69) is 13.0 Å². The molecule has 2 nitrogen and oxygen atoms in total. The molecule has 0 saturated heterocycles. The van der Waals surface area contributed by atoms with Gasteiger partial charge in [-0.15, -0.1) is 0 Å². The van der Waals surface area contributed by atoms with Crippen molar-refractivity contribution in [3.8, 4) is 0 Å². The van der Waals surface area contributed by atoms with E-state index in [1.807, 2.05) is 12.2 Å². The minimum atomic E-state index is -1.16. The van der Waals surface area contributed by atoms with Gasteiger partial charge in [0.2, 0.25) is 0 Å². The van der Waals surface area contributed by atoms with Crippen LogP contribution in [0.5, 0.6) is 0 Å². The van der Waals surface area contributed by atoms with Crippen LogP contribution in [0, 0.1) is 0 Å². The maximum absolute atomic E-state index is 9.89. The van der Waals surface area contributed by atoms with E-state index in [0.717, 1.165) is 18.9 Å². The van der Waals surface area contributed by atoms with E-state index in [9.17, 15) is 9.90 Å². The molecule has 0 fully saturated rings. The molecule has 2 heteroatoms. The van der Waals surface area contributed by atoms with Gasteiger partial charge in [0.1, 0.15) is 0 Å². The van der Waals surface area contributed by atoms with Gasteiger partial charge in [0.05, 0.1) is 5.97 Å². The highest BCUT2D eigenvalue weighted by atomic mass is 16.4. The second-order valence-electron chi connectivity index (χ2n) is 2.22. The van der Waals surface area contributed by atoms with Crippen molar-refractivity contribution in [1.82, 2.24) is 0 Å². The first-order chi connectivity index (χ1) is 5.77. The SMILES string of the molecule is CC/C=C/C/C=C/C=C/C(=O)[O-]. The average molecular weight is 165 g/mol. The molecule has 0 aliphatic rings. The topological polar surface area (TPSA) is 40.1 Å². The number of aliphatic carboxylic acids is 1. The summed E-state index contributed by atoms with van der Waals surface area (Å²) in [6, 6.07) is 0. The third-order valence-electron chi connectivity index (χ3n) is 1.15. The van der Waals surface area contributed by atoms with Crippen LogP contribution in [0.25, 0.3) is 0 Å². The van der Waals surface area contributed by atoms with E-state index in [1.54, 1.807) is 6.08 Å². The zero-order chi connectivity index (χ0) is 9.23. The first-order valence-corrected chi connectivity index (χ1v) is 3.96. The zero-order valence-electron chi connectivity index (χ0n) is 7.19. The van der Waals surface area contributed by atoms with Gasteiger partial charge in [-0.3, -0.25) is 0 Å². The van der Waals surface area contributed by atoms with Gasteiger partial charge in [-0.05, 0) is 18.9 Å². The predicted octanol–water partition coefficient (Wildman–Crippen LogP) is 1.20. The molecule has 0 rings (SSSR count). The number of carbonyl (C=O) groups excluding carboxylic acids is 1. The number of carbonyl (C=O) groups is 1. The molecule has 66 valence electrons. The van der Waals surface area contributed by atoms with Crippen molar-refractivity contribution < 1.29 is 9.90 Å². The molecule has 12 heavy (non-hydrogen) atoms. The molecular formula is C10H13O2-. The number of allylic oxidation sites excluding steroid dienone is 5. The Hall–Kier alpha value is -1.31. The lowest BCUT2D eigenvalue weighted by Gasteiger charge is -1.86. The minimum Gasteiger partial charge on any atom is -0.545 e. The van der Waals surface area contributed by atoms with Crippen LogP contribution in [-0.2, 0) is 4.79 Å². The van der Waals surface area contributed by atoms with Crippen LogP contribution in [0.3, 0.4) is 0 Å². The van der Waals surface area contributed by atoms with E-state index < -0.39 is 5.97 Å². The van der Waals surface area contributed by atoms with E-state index in [0.29, 0.717) is 0 Å².